The fourth-order valence-electron chi connectivity index (χ4n) is 3.44. The molecular weight excluding hydrogens is 336 g/mol. The van der Waals surface area contributed by atoms with E-state index >= 15 is 0 Å². The summed E-state index contributed by atoms with van der Waals surface area (Å²) in [6, 6.07) is 16.3. The average Bonchev–Trinajstić information content (AvgIpc) is 2.75. The Morgan fingerprint density at radius 3 is 2.70 bits per heavy atom. The Labute approximate surface area is 156 Å². The van der Waals surface area contributed by atoms with Gasteiger partial charge in [0.15, 0.2) is 0 Å². The number of nitrogens with zero attached hydrogens (tertiary/aromatic N) is 5. The third-order valence-corrected chi connectivity index (χ3v) is 4.69. The molecule has 3 aliphatic rings. The second-order valence-electron chi connectivity index (χ2n) is 6.47. The zero-order chi connectivity index (χ0) is 18.1. The molecule has 2 aromatic rings. The molecule has 0 radical (unpaired) electrons. The minimum atomic E-state index is 0.460. The third kappa shape index (κ3) is 2.95. The number of anilines is 1. The standard InChI is InChI=1S/C21H18N6/c1-2-5-15(6-3-1)18-13-16-14-24-21(25-17-7-10-22-11-8-17)26-19(16)27-12-4-9-23-20(18)27/h1-3,5-8,10-11,13-14,23H,4,9,12H2. The van der Waals surface area contributed by atoms with Gasteiger partial charge in [0.25, 0.3) is 5.62 Å². The molecule has 4 heterocycles. The number of benzene rings is 1. The summed E-state index contributed by atoms with van der Waals surface area (Å²) >= 11 is 0. The molecule has 0 aliphatic carbocycles. The molecule has 0 bridgehead atoms. The van der Waals surface area contributed by atoms with Crippen molar-refractivity contribution in [3.05, 3.63) is 72.7 Å². The Morgan fingerprint density at radius 2 is 1.85 bits per heavy atom. The predicted octanol–water partition coefficient (Wildman–Crippen LogP) is 3.49. The van der Waals surface area contributed by atoms with E-state index in [9.17, 15) is 0 Å². The number of hydrogen-bond acceptors (Lipinski definition) is 5. The Balaban J connectivity index is 1.73. The summed E-state index contributed by atoms with van der Waals surface area (Å²) in [4.78, 5) is 17.7. The average molecular weight is 354 g/mol. The fraction of sp³-hybridized carbons (Fsp3) is 0.143. The van der Waals surface area contributed by atoms with Gasteiger partial charge in [-0.3, -0.25) is 4.98 Å². The lowest BCUT2D eigenvalue weighted by Gasteiger charge is -2.27. The minimum Gasteiger partial charge on any atom is -0.371 e. The molecule has 1 N–H and O–H groups in total. The third-order valence-electron chi connectivity index (χ3n) is 4.69. The topological polar surface area (TPSA) is 68.0 Å². The van der Waals surface area contributed by atoms with Crippen LogP contribution in [0.25, 0.3) is 22.5 Å². The first-order valence-corrected chi connectivity index (χ1v) is 9.03. The molecule has 0 spiro atoms. The molecule has 6 nitrogen and oxygen atoms in total. The molecule has 6 heteroatoms. The predicted molar refractivity (Wildman–Crippen MR) is 105 cm³/mol. The molecule has 5 rings (SSSR count). The molecular formula is C21H18N6. The first kappa shape index (κ1) is 15.7. The van der Waals surface area contributed by atoms with E-state index in [1.807, 2.05) is 24.4 Å². The molecule has 3 aliphatic heterocycles. The Kier molecular flexibility index (Phi) is 3.86. The van der Waals surface area contributed by atoms with Crippen LogP contribution in [0.1, 0.15) is 6.42 Å². The number of nitrogens with one attached hydrogen (secondary N) is 1. The van der Waals surface area contributed by atoms with E-state index in [4.69, 9.17) is 4.98 Å². The van der Waals surface area contributed by atoms with Crippen LogP contribution in [0.2, 0.25) is 0 Å². The Hall–Kier alpha value is -3.54. The van der Waals surface area contributed by atoms with Crippen LogP contribution < -0.4 is 10.9 Å². The summed E-state index contributed by atoms with van der Waals surface area (Å²) in [6.45, 7) is 1.88. The highest BCUT2D eigenvalue weighted by Gasteiger charge is 2.20. The van der Waals surface area contributed by atoms with Gasteiger partial charge in [0, 0.05) is 42.8 Å². The van der Waals surface area contributed by atoms with Gasteiger partial charge < -0.3 is 9.88 Å². The maximum Gasteiger partial charge on any atom is 0.251 e. The normalized spacial score (nSPS) is 14.0. The van der Waals surface area contributed by atoms with Gasteiger partial charge in [0.1, 0.15) is 11.6 Å². The van der Waals surface area contributed by atoms with Gasteiger partial charge in [0.05, 0.1) is 5.69 Å². The molecule has 1 aromatic heterocycles. The van der Waals surface area contributed by atoms with Gasteiger partial charge in [-0.05, 0) is 30.2 Å². The summed E-state index contributed by atoms with van der Waals surface area (Å²) in [6.07, 6.45) is 6.35. The Morgan fingerprint density at radius 1 is 1.00 bits per heavy atom. The molecule has 0 unspecified atom stereocenters. The van der Waals surface area contributed by atoms with E-state index in [-0.39, 0.29) is 0 Å². The van der Waals surface area contributed by atoms with Gasteiger partial charge in [-0.1, -0.05) is 30.3 Å². The molecule has 0 saturated heterocycles. The largest absolute Gasteiger partial charge is 0.371 e. The van der Waals surface area contributed by atoms with Crippen molar-refractivity contribution in [2.75, 3.05) is 11.9 Å². The maximum atomic E-state index is 4.74. The van der Waals surface area contributed by atoms with Crippen LogP contribution in [0, 0.1) is 0 Å². The van der Waals surface area contributed by atoms with Crippen molar-refractivity contribution < 1.29 is 0 Å². The van der Waals surface area contributed by atoms with Crippen LogP contribution in [-0.2, 0) is 6.54 Å². The van der Waals surface area contributed by atoms with E-state index < -0.39 is 0 Å². The van der Waals surface area contributed by atoms with E-state index in [1.165, 1.54) is 11.1 Å². The zero-order valence-electron chi connectivity index (χ0n) is 14.7. The SMILES string of the molecule is c1ccc(-c2cc3cnc(=Nc4ccncc4)nc-3n3c2NCCC3)cc1. The first-order valence-electron chi connectivity index (χ1n) is 9.03. The van der Waals surface area contributed by atoms with Crippen LogP contribution in [0.4, 0.5) is 11.5 Å². The van der Waals surface area contributed by atoms with Crippen molar-refractivity contribution in [1.29, 1.82) is 0 Å². The number of fused-ring (bicyclic) bond motifs is 3. The van der Waals surface area contributed by atoms with Crippen LogP contribution in [0.15, 0.2) is 72.1 Å². The number of aromatic nitrogens is 4. The minimum absolute atomic E-state index is 0.460. The van der Waals surface area contributed by atoms with Gasteiger partial charge in [-0.25, -0.2) is 9.98 Å². The Bertz CT molecular complexity index is 1120. The van der Waals surface area contributed by atoms with E-state index in [0.717, 1.165) is 42.4 Å². The highest BCUT2D eigenvalue weighted by Crippen LogP contribution is 2.35. The van der Waals surface area contributed by atoms with Gasteiger partial charge in [-0.2, -0.15) is 4.98 Å². The number of pyridine rings is 2. The summed E-state index contributed by atoms with van der Waals surface area (Å²) in [5.41, 5.74) is 4.62. The second kappa shape index (κ2) is 6.64. The van der Waals surface area contributed by atoms with Crippen molar-refractivity contribution in [3.63, 3.8) is 0 Å². The molecule has 0 atom stereocenters. The number of hydrogen-bond donors (Lipinski definition) is 1. The molecule has 0 amide bonds. The molecule has 0 fully saturated rings. The molecule has 27 heavy (non-hydrogen) atoms. The maximum absolute atomic E-state index is 4.74. The van der Waals surface area contributed by atoms with Crippen LogP contribution in [0.5, 0.6) is 0 Å². The van der Waals surface area contributed by atoms with E-state index in [2.05, 4.69) is 55.2 Å². The smallest absolute Gasteiger partial charge is 0.251 e. The van der Waals surface area contributed by atoms with Crippen molar-refractivity contribution in [2.24, 2.45) is 4.99 Å². The molecule has 132 valence electrons. The summed E-state index contributed by atoms with van der Waals surface area (Å²) in [5, 5.41) is 3.55. The van der Waals surface area contributed by atoms with Crippen LogP contribution in [-0.4, -0.2) is 26.1 Å². The molecule has 0 saturated carbocycles. The van der Waals surface area contributed by atoms with Gasteiger partial charge in [-0.15, -0.1) is 0 Å². The van der Waals surface area contributed by atoms with Crippen molar-refractivity contribution in [3.8, 4) is 22.5 Å². The van der Waals surface area contributed by atoms with Crippen molar-refractivity contribution in [2.45, 2.75) is 13.0 Å². The first-order chi connectivity index (χ1) is 13.4. The van der Waals surface area contributed by atoms with Crippen molar-refractivity contribution >= 4 is 11.5 Å². The van der Waals surface area contributed by atoms with Crippen LogP contribution in [0.3, 0.4) is 0 Å². The summed E-state index contributed by atoms with van der Waals surface area (Å²) in [7, 11) is 0. The lowest BCUT2D eigenvalue weighted by atomic mass is 10.0. The van der Waals surface area contributed by atoms with Crippen molar-refractivity contribution in [1.82, 2.24) is 19.5 Å². The molecule has 1 aromatic carbocycles. The second-order valence-corrected chi connectivity index (χ2v) is 6.47. The van der Waals surface area contributed by atoms with Gasteiger partial charge in [0.2, 0.25) is 0 Å². The van der Waals surface area contributed by atoms with E-state index in [1.54, 1.807) is 12.4 Å². The fourth-order valence-corrected chi connectivity index (χ4v) is 3.44. The summed E-state index contributed by atoms with van der Waals surface area (Å²) in [5.74, 6) is 2.01. The lowest BCUT2D eigenvalue weighted by Crippen LogP contribution is -2.25. The monoisotopic (exact) mass is 354 g/mol. The highest BCUT2D eigenvalue weighted by atomic mass is 15.2. The van der Waals surface area contributed by atoms with Crippen LogP contribution >= 0.6 is 0 Å². The zero-order valence-corrected chi connectivity index (χ0v) is 14.7. The lowest BCUT2D eigenvalue weighted by molar-refractivity contribution is 0.621. The highest BCUT2D eigenvalue weighted by molar-refractivity contribution is 5.81. The van der Waals surface area contributed by atoms with E-state index in [0.29, 0.717) is 5.62 Å². The quantitative estimate of drug-likeness (QED) is 0.598. The summed E-state index contributed by atoms with van der Waals surface area (Å²) < 4.78 is 2.24. The van der Waals surface area contributed by atoms with Gasteiger partial charge >= 0.3 is 0 Å². The number of rotatable bonds is 2.